The molecule has 1 fully saturated rings. The van der Waals surface area contributed by atoms with Crippen molar-refractivity contribution in [2.75, 3.05) is 21.1 Å². The van der Waals surface area contributed by atoms with E-state index in [4.69, 9.17) is 0 Å². The molecule has 0 aromatic rings. The van der Waals surface area contributed by atoms with E-state index in [1.807, 2.05) is 0 Å². The third-order valence-electron chi connectivity index (χ3n) is 3.75. The van der Waals surface area contributed by atoms with E-state index in [1.165, 1.54) is 0 Å². The van der Waals surface area contributed by atoms with Crippen LogP contribution in [0.25, 0.3) is 0 Å². The van der Waals surface area contributed by atoms with E-state index in [0.717, 1.165) is 0 Å². The van der Waals surface area contributed by atoms with Gasteiger partial charge < -0.3 is 4.89 Å². The molecule has 1 unspecified atom stereocenters. The van der Waals surface area contributed by atoms with Gasteiger partial charge in [0.2, 0.25) is 6.10 Å². The Hall–Kier alpha value is -1.94. The van der Waals surface area contributed by atoms with Crippen LogP contribution < -0.4 is 4.89 Å². The highest BCUT2D eigenvalue weighted by molar-refractivity contribution is 7.60. The van der Waals surface area contributed by atoms with Gasteiger partial charge in [0, 0.05) is 7.05 Å². The van der Waals surface area contributed by atoms with E-state index in [9.17, 15) is 63.2 Å². The summed E-state index contributed by atoms with van der Waals surface area (Å²) in [4.78, 5) is 47.7. The van der Waals surface area contributed by atoms with E-state index < -0.39 is 56.2 Å². The van der Waals surface area contributed by atoms with Gasteiger partial charge in [0.15, 0.2) is 0 Å². The number of hydrogen-bond donors (Lipinski definition) is 0. The first-order valence-electron chi connectivity index (χ1n) is 7.07. The molecule has 0 aliphatic carbocycles. The Labute approximate surface area is 160 Å². The summed E-state index contributed by atoms with van der Waals surface area (Å²) in [5, 5.41) is 0. The number of nitrogens with zero attached hydrogens (tertiary/aromatic N) is 3. The quantitative estimate of drug-likeness (QED) is 0.441. The smallest absolute Gasteiger partial charge is 0.460 e. The fourth-order valence-electron chi connectivity index (χ4n) is 1.99. The average Bonchev–Trinajstić information content (AvgIpc) is 2.59. The van der Waals surface area contributed by atoms with Crippen LogP contribution in [0.1, 0.15) is 0 Å². The second-order valence-electron chi connectivity index (χ2n) is 5.70. The van der Waals surface area contributed by atoms with Crippen molar-refractivity contribution in [2.24, 2.45) is 0 Å². The van der Waals surface area contributed by atoms with E-state index in [0.29, 0.717) is 21.1 Å². The Morgan fingerprint density at radius 2 is 1.27 bits per heavy atom. The maximum Gasteiger partial charge on any atom is 0.460 e. The van der Waals surface area contributed by atoms with Gasteiger partial charge in [0.1, 0.15) is 0 Å². The van der Waals surface area contributed by atoms with Crippen molar-refractivity contribution in [3.63, 3.8) is 0 Å². The third kappa shape index (κ3) is 3.87. The lowest BCUT2D eigenvalue weighted by molar-refractivity contribution is -0.369. The maximum atomic E-state index is 13.9. The molecule has 30 heavy (non-hydrogen) atoms. The van der Waals surface area contributed by atoms with Gasteiger partial charge in [-0.3, -0.25) is 4.79 Å². The number of hydrogen-bond acceptors (Lipinski definition) is 5. The van der Waals surface area contributed by atoms with E-state index >= 15 is 0 Å². The maximum absolute atomic E-state index is 13.9. The molecule has 1 saturated heterocycles. The van der Waals surface area contributed by atoms with Crippen LogP contribution in [0.3, 0.4) is 0 Å². The molecule has 19 heteroatoms. The molecule has 1 aliphatic heterocycles. The number of carbonyl (C=O) groups excluding carboxylic acids is 3. The second-order valence-corrected chi connectivity index (χ2v) is 8.10. The van der Waals surface area contributed by atoms with Crippen molar-refractivity contribution >= 4 is 25.9 Å². The van der Waals surface area contributed by atoms with Gasteiger partial charge in [-0.15, -0.1) is 0 Å². The highest BCUT2D eigenvalue weighted by Crippen LogP contribution is 2.63. The summed E-state index contributed by atoms with van der Waals surface area (Å²) in [6.45, 7) is 0. The largest absolute Gasteiger partial charge is 0.617 e. The van der Waals surface area contributed by atoms with Crippen molar-refractivity contribution < 1.29 is 67.7 Å². The number of alkyl halides is 10. The summed E-state index contributed by atoms with van der Waals surface area (Å²) in [5.74, 6) is -18.2. The number of urea groups is 2. The van der Waals surface area contributed by atoms with Crippen LogP contribution in [0.5, 0.6) is 0 Å². The minimum absolute atomic E-state index is 0.128. The van der Waals surface area contributed by atoms with Crippen LogP contribution in [0.2, 0.25) is 0 Å². The molecule has 0 spiro atoms. The molecule has 8 nitrogen and oxygen atoms in total. The summed E-state index contributed by atoms with van der Waals surface area (Å²) < 4.78 is 133. The van der Waals surface area contributed by atoms with Crippen molar-refractivity contribution in [1.29, 1.82) is 0 Å². The summed E-state index contributed by atoms with van der Waals surface area (Å²) >= 11 is 0. The zero-order chi connectivity index (χ0) is 24.2. The van der Waals surface area contributed by atoms with Crippen molar-refractivity contribution in [2.45, 2.75) is 30.3 Å². The molecule has 174 valence electrons. The number of halogens is 10. The second kappa shape index (κ2) is 7.33. The molecule has 1 atom stereocenters. The van der Waals surface area contributed by atoms with Gasteiger partial charge in [-0.25, -0.2) is 14.5 Å². The monoisotopic (exact) mass is 485 g/mol. The molecular formula is C11H10F10N3O5P. The Morgan fingerprint density at radius 1 is 0.900 bits per heavy atom. The van der Waals surface area contributed by atoms with Crippen LogP contribution in [-0.4, -0.2) is 83.5 Å². The standard InChI is InChI=1S/C11H10F10N3O5P/c1-22-6(26)23(2)30(28,24(3)7(22)27)29-5(4(25)9(14,15)16)8(12,13)10(17,18)11(19,20)21/h5H,1-3H3. The Balaban J connectivity index is 3.65. The molecule has 0 aromatic heterocycles. The topological polar surface area (TPSA) is 93.2 Å². The molecule has 4 amide bonds. The Bertz CT molecular complexity index is 720. The SMILES string of the molecule is CN1C(=O)N(C)[P+]([O-])(OC(C(=O)C(F)(F)F)C(F)(F)C(F)(F)C(F)(F)F)N(C)C1=O. The zero-order valence-electron chi connectivity index (χ0n) is 14.7. The number of rotatable bonds is 5. The van der Waals surface area contributed by atoms with Crippen LogP contribution in [-0.2, 0) is 9.32 Å². The normalized spacial score (nSPS) is 20.0. The minimum Gasteiger partial charge on any atom is -0.617 e. The summed E-state index contributed by atoms with van der Waals surface area (Å²) in [6.07, 6.45) is -18.7. The molecule has 1 aliphatic rings. The van der Waals surface area contributed by atoms with E-state index in [-0.39, 0.29) is 14.2 Å². The molecule has 0 N–H and O–H groups in total. The van der Waals surface area contributed by atoms with Gasteiger partial charge in [0.05, 0.1) is 14.1 Å². The Kier molecular flexibility index (Phi) is 6.38. The number of amides is 4. The summed E-state index contributed by atoms with van der Waals surface area (Å²) in [7, 11) is -4.33. The third-order valence-corrected chi connectivity index (χ3v) is 6.09. The molecular weight excluding hydrogens is 475 g/mol. The van der Waals surface area contributed by atoms with E-state index in [1.54, 1.807) is 0 Å². The first-order valence-corrected chi connectivity index (χ1v) is 8.60. The fraction of sp³-hybridized carbons (Fsp3) is 0.727. The first-order chi connectivity index (χ1) is 13.0. The molecule has 0 aromatic carbocycles. The molecule has 0 saturated carbocycles. The molecule has 1 heterocycles. The predicted molar refractivity (Wildman–Crippen MR) is 72.9 cm³/mol. The molecule has 1 rings (SSSR count). The van der Waals surface area contributed by atoms with E-state index in [2.05, 4.69) is 4.52 Å². The van der Waals surface area contributed by atoms with Crippen molar-refractivity contribution in [3.8, 4) is 0 Å². The minimum atomic E-state index is -7.28. The average molecular weight is 485 g/mol. The van der Waals surface area contributed by atoms with Crippen LogP contribution >= 0.6 is 8.02 Å². The zero-order valence-corrected chi connectivity index (χ0v) is 15.6. The number of carbonyl (C=O) groups is 3. The van der Waals surface area contributed by atoms with Gasteiger partial charge >= 0.3 is 44.3 Å². The summed E-state index contributed by atoms with van der Waals surface area (Å²) in [6, 6.07) is -3.35. The Morgan fingerprint density at radius 3 is 1.57 bits per heavy atom. The lowest BCUT2D eigenvalue weighted by atomic mass is 10.0. The van der Waals surface area contributed by atoms with Gasteiger partial charge in [-0.2, -0.15) is 57.8 Å². The van der Waals surface area contributed by atoms with Crippen LogP contribution in [0, 0.1) is 0 Å². The highest BCUT2D eigenvalue weighted by atomic mass is 31.2. The van der Waals surface area contributed by atoms with Gasteiger partial charge in [-0.05, 0) is 0 Å². The lowest BCUT2D eigenvalue weighted by Crippen LogP contribution is -2.65. The van der Waals surface area contributed by atoms with Crippen LogP contribution in [0.4, 0.5) is 53.5 Å². The molecule has 0 bridgehead atoms. The fourth-order valence-corrected chi connectivity index (χ4v) is 3.88. The number of Topliss-reactive ketones (excluding diaryl/α,β-unsaturated/α-hetero) is 1. The van der Waals surface area contributed by atoms with Gasteiger partial charge in [-0.1, -0.05) is 0 Å². The van der Waals surface area contributed by atoms with Crippen molar-refractivity contribution in [3.05, 3.63) is 0 Å². The highest BCUT2D eigenvalue weighted by Gasteiger charge is 2.80. The van der Waals surface area contributed by atoms with Crippen molar-refractivity contribution in [1.82, 2.24) is 14.2 Å². The first kappa shape index (κ1) is 26.1. The summed E-state index contributed by atoms with van der Waals surface area (Å²) in [5.41, 5.74) is 0. The molecule has 0 radical (unpaired) electrons. The number of imide groups is 1. The predicted octanol–water partition coefficient (Wildman–Crippen LogP) is 2.42. The van der Waals surface area contributed by atoms with Crippen LogP contribution in [0.15, 0.2) is 0 Å². The van der Waals surface area contributed by atoms with Gasteiger partial charge in [0.25, 0.3) is 5.78 Å². The lowest BCUT2D eigenvalue weighted by Gasteiger charge is -2.47. The number of ketones is 1.